The Morgan fingerprint density at radius 3 is 2.67 bits per heavy atom. The lowest BCUT2D eigenvalue weighted by Gasteiger charge is -2.25. The van der Waals surface area contributed by atoms with Crippen molar-refractivity contribution in [3.63, 3.8) is 0 Å². The van der Waals surface area contributed by atoms with Crippen LogP contribution in [0.4, 0.5) is 0 Å². The number of ether oxygens (including phenoxy) is 1. The molecule has 1 saturated heterocycles. The van der Waals surface area contributed by atoms with Gasteiger partial charge in [0.2, 0.25) is 0 Å². The molecule has 3 nitrogen and oxygen atoms in total. The van der Waals surface area contributed by atoms with Gasteiger partial charge in [0.1, 0.15) is 0 Å². The van der Waals surface area contributed by atoms with Crippen LogP contribution in [-0.4, -0.2) is 49.8 Å². The first-order valence-corrected chi connectivity index (χ1v) is 7.64. The molecule has 0 bridgehead atoms. The van der Waals surface area contributed by atoms with Crippen molar-refractivity contribution in [2.24, 2.45) is 5.92 Å². The molecular weight excluding hydrogens is 224 g/mol. The van der Waals surface area contributed by atoms with Gasteiger partial charge in [0.15, 0.2) is 0 Å². The largest absolute Gasteiger partial charge is 0.380 e. The summed E-state index contributed by atoms with van der Waals surface area (Å²) in [6.07, 6.45) is 3.86. The number of nitrogens with zero attached hydrogens (tertiary/aromatic N) is 1. The highest BCUT2D eigenvalue weighted by molar-refractivity contribution is 4.81. The maximum absolute atomic E-state index is 5.72. The normalized spacial score (nSPS) is 21.3. The van der Waals surface area contributed by atoms with Crippen LogP contribution >= 0.6 is 0 Å². The van der Waals surface area contributed by atoms with Crippen LogP contribution in [0.15, 0.2) is 0 Å². The van der Waals surface area contributed by atoms with Crippen molar-refractivity contribution >= 4 is 0 Å². The zero-order chi connectivity index (χ0) is 13.4. The monoisotopic (exact) mass is 256 g/mol. The Morgan fingerprint density at radius 1 is 1.22 bits per heavy atom. The molecule has 0 amide bonds. The SMILES string of the molecule is CC(C)CCOCCN1CCCC1CNC(C)C. The zero-order valence-electron chi connectivity index (χ0n) is 12.7. The third-order valence-corrected chi connectivity index (χ3v) is 3.62. The zero-order valence-corrected chi connectivity index (χ0v) is 12.7. The van der Waals surface area contributed by atoms with Crippen molar-refractivity contribution in [1.29, 1.82) is 0 Å². The van der Waals surface area contributed by atoms with E-state index >= 15 is 0 Å². The van der Waals surface area contributed by atoms with E-state index in [9.17, 15) is 0 Å². The predicted octanol–water partition coefficient (Wildman–Crippen LogP) is 2.51. The molecule has 0 aromatic rings. The van der Waals surface area contributed by atoms with E-state index in [4.69, 9.17) is 4.74 Å². The van der Waals surface area contributed by atoms with Crippen LogP contribution in [0.5, 0.6) is 0 Å². The second kappa shape index (κ2) is 8.89. The van der Waals surface area contributed by atoms with Crippen LogP contribution < -0.4 is 5.32 Å². The first-order chi connectivity index (χ1) is 8.59. The Labute approximate surface area is 113 Å². The average molecular weight is 256 g/mol. The van der Waals surface area contributed by atoms with E-state index < -0.39 is 0 Å². The number of likely N-dealkylation sites (tertiary alicyclic amines) is 1. The Kier molecular flexibility index (Phi) is 7.87. The highest BCUT2D eigenvalue weighted by atomic mass is 16.5. The van der Waals surface area contributed by atoms with Crippen LogP contribution in [0, 0.1) is 5.92 Å². The third-order valence-electron chi connectivity index (χ3n) is 3.62. The molecule has 3 heteroatoms. The summed E-state index contributed by atoms with van der Waals surface area (Å²) in [5.74, 6) is 0.750. The Hall–Kier alpha value is -0.120. The fraction of sp³-hybridized carbons (Fsp3) is 1.00. The molecule has 1 heterocycles. The van der Waals surface area contributed by atoms with E-state index in [-0.39, 0.29) is 0 Å². The third kappa shape index (κ3) is 6.72. The molecule has 0 saturated carbocycles. The van der Waals surface area contributed by atoms with Gasteiger partial charge in [0.05, 0.1) is 6.61 Å². The number of hydrogen-bond acceptors (Lipinski definition) is 3. The van der Waals surface area contributed by atoms with E-state index in [1.54, 1.807) is 0 Å². The van der Waals surface area contributed by atoms with Gasteiger partial charge >= 0.3 is 0 Å². The molecule has 1 aliphatic rings. The Morgan fingerprint density at radius 2 is 2.00 bits per heavy atom. The lowest BCUT2D eigenvalue weighted by Crippen LogP contribution is -2.41. The lowest BCUT2D eigenvalue weighted by atomic mass is 10.1. The molecule has 1 unspecified atom stereocenters. The standard InChI is InChI=1S/C15H32N2O/c1-13(2)7-10-18-11-9-17-8-5-6-15(17)12-16-14(3)4/h13-16H,5-12H2,1-4H3. The topological polar surface area (TPSA) is 24.5 Å². The summed E-state index contributed by atoms with van der Waals surface area (Å²) in [4.78, 5) is 2.59. The summed E-state index contributed by atoms with van der Waals surface area (Å²) in [7, 11) is 0. The molecule has 1 N–H and O–H groups in total. The van der Waals surface area contributed by atoms with Crippen LogP contribution in [0.1, 0.15) is 47.0 Å². The van der Waals surface area contributed by atoms with Crippen LogP contribution in [-0.2, 0) is 4.74 Å². The van der Waals surface area contributed by atoms with E-state index in [1.165, 1.54) is 25.8 Å². The molecule has 0 spiro atoms. The number of rotatable bonds is 9. The van der Waals surface area contributed by atoms with Gasteiger partial charge in [-0.05, 0) is 31.7 Å². The van der Waals surface area contributed by atoms with Crippen molar-refractivity contribution in [2.75, 3.05) is 32.8 Å². The van der Waals surface area contributed by atoms with Crippen LogP contribution in [0.2, 0.25) is 0 Å². The smallest absolute Gasteiger partial charge is 0.0593 e. The number of nitrogens with one attached hydrogen (secondary N) is 1. The summed E-state index contributed by atoms with van der Waals surface area (Å²) < 4.78 is 5.72. The van der Waals surface area contributed by atoms with Gasteiger partial charge in [-0.2, -0.15) is 0 Å². The molecule has 0 aromatic carbocycles. The number of hydrogen-bond donors (Lipinski definition) is 1. The second-order valence-electron chi connectivity index (χ2n) is 6.19. The molecule has 1 fully saturated rings. The summed E-state index contributed by atoms with van der Waals surface area (Å²) >= 11 is 0. The highest BCUT2D eigenvalue weighted by Gasteiger charge is 2.23. The summed E-state index contributed by atoms with van der Waals surface area (Å²) in [6, 6.07) is 1.32. The van der Waals surface area contributed by atoms with Gasteiger partial charge < -0.3 is 10.1 Å². The summed E-state index contributed by atoms with van der Waals surface area (Å²) in [5, 5.41) is 3.55. The van der Waals surface area contributed by atoms with Gasteiger partial charge in [0.25, 0.3) is 0 Å². The summed E-state index contributed by atoms with van der Waals surface area (Å²) in [5.41, 5.74) is 0. The second-order valence-corrected chi connectivity index (χ2v) is 6.19. The fourth-order valence-corrected chi connectivity index (χ4v) is 2.40. The molecule has 18 heavy (non-hydrogen) atoms. The Bertz CT molecular complexity index is 207. The molecule has 0 aliphatic carbocycles. The minimum Gasteiger partial charge on any atom is -0.380 e. The predicted molar refractivity (Wildman–Crippen MR) is 78.0 cm³/mol. The molecule has 1 atom stereocenters. The average Bonchev–Trinajstić information content (AvgIpc) is 2.73. The molecular formula is C15H32N2O. The Balaban J connectivity index is 2.08. The van der Waals surface area contributed by atoms with E-state index in [1.807, 2.05) is 0 Å². The molecule has 108 valence electrons. The highest BCUT2D eigenvalue weighted by Crippen LogP contribution is 2.16. The van der Waals surface area contributed by atoms with Gasteiger partial charge in [-0.1, -0.05) is 27.7 Å². The van der Waals surface area contributed by atoms with Gasteiger partial charge in [0, 0.05) is 31.8 Å². The molecule has 0 aromatic heterocycles. The van der Waals surface area contributed by atoms with Crippen molar-refractivity contribution in [1.82, 2.24) is 10.2 Å². The van der Waals surface area contributed by atoms with Crippen molar-refractivity contribution in [3.05, 3.63) is 0 Å². The quantitative estimate of drug-likeness (QED) is 0.642. The first-order valence-electron chi connectivity index (χ1n) is 7.64. The van der Waals surface area contributed by atoms with E-state index in [2.05, 4.69) is 37.9 Å². The minimum atomic E-state index is 0.592. The van der Waals surface area contributed by atoms with Crippen LogP contribution in [0.3, 0.4) is 0 Å². The summed E-state index contributed by atoms with van der Waals surface area (Å²) in [6.45, 7) is 14.2. The van der Waals surface area contributed by atoms with Gasteiger partial charge in [-0.25, -0.2) is 0 Å². The van der Waals surface area contributed by atoms with Gasteiger partial charge in [-0.3, -0.25) is 4.90 Å². The van der Waals surface area contributed by atoms with Crippen LogP contribution in [0.25, 0.3) is 0 Å². The van der Waals surface area contributed by atoms with Crippen molar-refractivity contribution in [2.45, 2.75) is 59.0 Å². The maximum atomic E-state index is 5.72. The van der Waals surface area contributed by atoms with E-state index in [0.29, 0.717) is 6.04 Å². The molecule has 1 rings (SSSR count). The van der Waals surface area contributed by atoms with Crippen molar-refractivity contribution < 1.29 is 4.74 Å². The lowest BCUT2D eigenvalue weighted by molar-refractivity contribution is 0.0918. The maximum Gasteiger partial charge on any atom is 0.0593 e. The molecule has 1 aliphatic heterocycles. The molecule has 0 radical (unpaired) electrons. The van der Waals surface area contributed by atoms with Crippen molar-refractivity contribution in [3.8, 4) is 0 Å². The van der Waals surface area contributed by atoms with Gasteiger partial charge in [-0.15, -0.1) is 0 Å². The minimum absolute atomic E-state index is 0.592. The fourth-order valence-electron chi connectivity index (χ4n) is 2.40. The first kappa shape index (κ1) is 15.9. The van der Waals surface area contributed by atoms with E-state index in [0.717, 1.165) is 38.3 Å².